The number of ether oxygens (including phenoxy) is 1. The second kappa shape index (κ2) is 4.67. The summed E-state index contributed by atoms with van der Waals surface area (Å²) in [6.45, 7) is -0.237. The third-order valence-electron chi connectivity index (χ3n) is 3.13. The van der Waals surface area contributed by atoms with Crippen molar-refractivity contribution in [3.05, 3.63) is 11.1 Å². The van der Waals surface area contributed by atoms with E-state index in [4.69, 9.17) is 15.6 Å². The van der Waals surface area contributed by atoms with Gasteiger partial charge in [0.15, 0.2) is 21.7 Å². The number of aliphatic hydroxyl groups is 2. The van der Waals surface area contributed by atoms with Gasteiger partial charge in [-0.3, -0.25) is 4.57 Å². The zero-order valence-corrected chi connectivity index (χ0v) is 11.4. The zero-order chi connectivity index (χ0) is 13.6. The smallest absolute Gasteiger partial charge is 0.181 e. The first-order valence-corrected chi connectivity index (χ1v) is 6.49. The SMILES string of the molecule is Nc1ncnc2c1nc([77Br])n2[C@H]1C[C@H](O)[C@@H](CO)O1. The number of fused-ring (bicyclic) bond motifs is 1. The van der Waals surface area contributed by atoms with E-state index in [0.717, 1.165) is 0 Å². The maximum absolute atomic E-state index is 9.78. The van der Waals surface area contributed by atoms with E-state index in [1.807, 2.05) is 0 Å². The van der Waals surface area contributed by atoms with E-state index in [1.165, 1.54) is 6.33 Å². The molecule has 3 atom stereocenters. The van der Waals surface area contributed by atoms with Crippen LogP contribution in [0.25, 0.3) is 11.2 Å². The molecule has 4 N–H and O–H groups in total. The van der Waals surface area contributed by atoms with Crippen molar-refractivity contribution in [3.8, 4) is 0 Å². The van der Waals surface area contributed by atoms with Gasteiger partial charge in [0.1, 0.15) is 18.7 Å². The summed E-state index contributed by atoms with van der Waals surface area (Å²) in [5.74, 6) is 0.279. The van der Waals surface area contributed by atoms with Gasteiger partial charge in [0.25, 0.3) is 0 Å². The molecular weight excluding hydrogens is 315 g/mol. The van der Waals surface area contributed by atoms with Crippen LogP contribution in [-0.4, -0.2) is 48.5 Å². The highest BCUT2D eigenvalue weighted by Gasteiger charge is 2.36. The summed E-state index contributed by atoms with van der Waals surface area (Å²) in [5, 5.41) is 18.9. The lowest BCUT2D eigenvalue weighted by Crippen LogP contribution is -2.24. The number of nitrogens with two attached hydrogens (primary N) is 1. The van der Waals surface area contributed by atoms with Gasteiger partial charge in [-0.05, 0) is 15.9 Å². The fraction of sp³-hybridized carbons (Fsp3) is 0.500. The molecule has 0 aliphatic carbocycles. The lowest BCUT2D eigenvalue weighted by Gasteiger charge is -2.14. The van der Waals surface area contributed by atoms with E-state index in [0.29, 0.717) is 22.3 Å². The van der Waals surface area contributed by atoms with Gasteiger partial charge in [-0.15, -0.1) is 0 Å². The van der Waals surface area contributed by atoms with E-state index >= 15 is 0 Å². The number of halogens is 1. The standard InChI is InChI=1S/C10H12BrN5O3/c11-10-15-7-8(12)13-3-14-9(7)16(10)6-1-4(18)5(2-17)19-6/h3-6,17-18H,1-2H2,(H2,12,13,14)/t4-,5+,6+/m0/s1/i11-3. The third-order valence-corrected chi connectivity index (χ3v) is 3.69. The lowest BCUT2D eigenvalue weighted by atomic mass is 10.2. The molecule has 19 heavy (non-hydrogen) atoms. The van der Waals surface area contributed by atoms with Crippen molar-refractivity contribution in [1.29, 1.82) is 0 Å². The van der Waals surface area contributed by atoms with E-state index < -0.39 is 18.4 Å². The Morgan fingerprint density at radius 3 is 3.00 bits per heavy atom. The molecule has 0 amide bonds. The molecule has 0 saturated carbocycles. The third kappa shape index (κ3) is 1.98. The van der Waals surface area contributed by atoms with Crippen LogP contribution in [0.4, 0.5) is 5.82 Å². The molecule has 0 unspecified atom stereocenters. The number of hydrogen-bond donors (Lipinski definition) is 3. The van der Waals surface area contributed by atoms with Gasteiger partial charge < -0.3 is 20.7 Å². The van der Waals surface area contributed by atoms with Crippen molar-refractivity contribution < 1.29 is 14.9 Å². The Bertz CT molecular complexity index is 618. The minimum Gasteiger partial charge on any atom is -0.394 e. The fourth-order valence-corrected chi connectivity index (χ4v) is 2.77. The topological polar surface area (TPSA) is 119 Å². The van der Waals surface area contributed by atoms with Crippen molar-refractivity contribution in [2.45, 2.75) is 24.9 Å². The Labute approximate surface area is 116 Å². The highest BCUT2D eigenvalue weighted by atomic mass is 76.9. The first-order valence-electron chi connectivity index (χ1n) is 5.70. The summed E-state index contributed by atoms with van der Waals surface area (Å²) in [5.41, 5.74) is 6.74. The molecule has 102 valence electrons. The molecule has 2 aromatic heterocycles. The van der Waals surface area contributed by atoms with Gasteiger partial charge in [-0.1, -0.05) is 0 Å². The largest absolute Gasteiger partial charge is 0.394 e. The molecule has 2 aromatic rings. The number of anilines is 1. The van der Waals surface area contributed by atoms with Crippen molar-refractivity contribution in [1.82, 2.24) is 19.5 Å². The molecule has 1 fully saturated rings. The predicted octanol–water partition coefficient (Wildman–Crippen LogP) is -0.188. The van der Waals surface area contributed by atoms with E-state index in [1.54, 1.807) is 4.57 Å². The molecule has 1 saturated heterocycles. The van der Waals surface area contributed by atoms with Crippen LogP contribution < -0.4 is 5.73 Å². The second-order valence-corrected chi connectivity index (χ2v) is 5.01. The summed E-state index contributed by atoms with van der Waals surface area (Å²) in [6, 6.07) is 0. The Morgan fingerprint density at radius 1 is 1.53 bits per heavy atom. The van der Waals surface area contributed by atoms with E-state index in [-0.39, 0.29) is 12.4 Å². The maximum atomic E-state index is 9.78. The molecule has 1 aliphatic heterocycles. The average Bonchev–Trinajstić information content (AvgIpc) is 2.90. The van der Waals surface area contributed by atoms with Crippen LogP contribution in [0.3, 0.4) is 0 Å². The van der Waals surface area contributed by atoms with Gasteiger partial charge in [0.05, 0.1) is 12.7 Å². The molecule has 9 heteroatoms. The number of aromatic nitrogens is 4. The molecular formula is C10H12BrN5O3. The van der Waals surface area contributed by atoms with E-state index in [2.05, 4.69) is 30.9 Å². The summed E-state index contributed by atoms with van der Waals surface area (Å²) in [4.78, 5) is 12.3. The number of rotatable bonds is 2. The van der Waals surface area contributed by atoms with Crippen LogP contribution in [-0.2, 0) is 4.74 Å². The van der Waals surface area contributed by atoms with Gasteiger partial charge in [-0.2, -0.15) is 0 Å². The summed E-state index contributed by atoms with van der Waals surface area (Å²) in [7, 11) is 0. The first-order chi connectivity index (χ1) is 9.11. The van der Waals surface area contributed by atoms with Gasteiger partial charge in [0.2, 0.25) is 0 Å². The monoisotopic (exact) mass is 327 g/mol. The molecule has 3 rings (SSSR count). The summed E-state index contributed by atoms with van der Waals surface area (Å²) >= 11 is 3.32. The number of nitrogen functional groups attached to an aromatic ring is 1. The second-order valence-electron chi connectivity index (χ2n) is 4.30. The Morgan fingerprint density at radius 2 is 2.32 bits per heavy atom. The zero-order valence-electron chi connectivity index (χ0n) is 9.77. The van der Waals surface area contributed by atoms with Crippen LogP contribution in [0.15, 0.2) is 11.1 Å². The normalized spacial score (nSPS) is 27.2. The quantitative estimate of drug-likeness (QED) is 0.654. The van der Waals surface area contributed by atoms with Crippen molar-refractivity contribution in [3.63, 3.8) is 0 Å². The minimum absolute atomic E-state index is 0.237. The van der Waals surface area contributed by atoms with Gasteiger partial charge in [0, 0.05) is 6.42 Å². The molecule has 1 aliphatic rings. The van der Waals surface area contributed by atoms with Gasteiger partial charge >= 0.3 is 0 Å². The molecule has 0 radical (unpaired) electrons. The predicted molar refractivity (Wildman–Crippen MR) is 69.1 cm³/mol. The van der Waals surface area contributed by atoms with Crippen LogP contribution in [0, 0.1) is 0 Å². The summed E-state index contributed by atoms with van der Waals surface area (Å²) < 4.78 is 7.77. The number of imidazole rings is 1. The molecule has 0 bridgehead atoms. The maximum Gasteiger partial charge on any atom is 0.181 e. The fourth-order valence-electron chi connectivity index (χ4n) is 2.19. The van der Waals surface area contributed by atoms with Crippen molar-refractivity contribution in [2.24, 2.45) is 0 Å². The minimum atomic E-state index is -0.724. The van der Waals surface area contributed by atoms with Crippen LogP contribution >= 0.6 is 15.9 Å². The highest BCUT2D eigenvalue weighted by molar-refractivity contribution is 9.10. The van der Waals surface area contributed by atoms with Gasteiger partial charge in [-0.25, -0.2) is 15.0 Å². The molecule has 8 nitrogen and oxygen atoms in total. The Hall–Kier alpha value is -1.29. The highest BCUT2D eigenvalue weighted by Crippen LogP contribution is 2.34. The number of hydrogen-bond acceptors (Lipinski definition) is 7. The number of aliphatic hydroxyl groups excluding tert-OH is 2. The Kier molecular flexibility index (Phi) is 3.13. The average molecular weight is 327 g/mol. The summed E-state index contributed by atoms with van der Waals surface area (Å²) in [6.07, 6.45) is -0.0935. The van der Waals surface area contributed by atoms with Crippen LogP contribution in [0.1, 0.15) is 12.6 Å². The Balaban J connectivity index is 2.06. The van der Waals surface area contributed by atoms with Crippen LogP contribution in [0.5, 0.6) is 0 Å². The molecule has 0 aromatic carbocycles. The van der Waals surface area contributed by atoms with Crippen LogP contribution in [0.2, 0.25) is 0 Å². The lowest BCUT2D eigenvalue weighted by molar-refractivity contribution is -0.0439. The molecule has 3 heterocycles. The first kappa shape index (κ1) is 12.7. The molecule has 0 spiro atoms. The number of nitrogens with zero attached hydrogens (tertiary/aromatic N) is 4. The van der Waals surface area contributed by atoms with E-state index in [9.17, 15) is 5.11 Å². The van der Waals surface area contributed by atoms with Crippen molar-refractivity contribution in [2.75, 3.05) is 12.3 Å². The van der Waals surface area contributed by atoms with Crippen molar-refractivity contribution >= 4 is 32.9 Å².